The van der Waals surface area contributed by atoms with Gasteiger partial charge in [0.2, 0.25) is 5.91 Å². The van der Waals surface area contributed by atoms with E-state index in [9.17, 15) is 9.59 Å². The van der Waals surface area contributed by atoms with Gasteiger partial charge in [-0.2, -0.15) is 0 Å². The van der Waals surface area contributed by atoms with Crippen molar-refractivity contribution in [3.63, 3.8) is 0 Å². The van der Waals surface area contributed by atoms with Crippen molar-refractivity contribution in [3.8, 4) is 11.5 Å². The first kappa shape index (κ1) is 19.8. The number of piperazine rings is 1. The van der Waals surface area contributed by atoms with Crippen LogP contribution in [0, 0.1) is 6.92 Å². The van der Waals surface area contributed by atoms with Crippen LogP contribution >= 0.6 is 11.3 Å². The van der Waals surface area contributed by atoms with Crippen LogP contribution in [0.5, 0.6) is 11.5 Å². The third-order valence-electron chi connectivity index (χ3n) is 5.31. The van der Waals surface area contributed by atoms with Crippen LogP contribution in [0.15, 0.2) is 30.3 Å². The Labute approximate surface area is 175 Å². The Morgan fingerprint density at radius 2 is 1.69 bits per heavy atom. The summed E-state index contributed by atoms with van der Waals surface area (Å²) in [5.41, 5.74) is 1.07. The highest BCUT2D eigenvalue weighted by atomic mass is 32.1. The molecule has 2 aromatic rings. The van der Waals surface area contributed by atoms with Gasteiger partial charge in [-0.15, -0.1) is 11.3 Å². The zero-order valence-electron chi connectivity index (χ0n) is 16.7. The van der Waals surface area contributed by atoms with Gasteiger partial charge in [0.25, 0.3) is 5.91 Å². The fourth-order valence-corrected chi connectivity index (χ4v) is 4.47. The molecule has 0 spiro atoms. The zero-order valence-corrected chi connectivity index (χ0v) is 17.5. The van der Waals surface area contributed by atoms with Crippen LogP contribution in [0.1, 0.15) is 33.0 Å². The molecule has 0 aliphatic carbocycles. The minimum atomic E-state index is 0.0717. The number of amides is 2. The lowest BCUT2D eigenvalue weighted by atomic mass is 10.1. The average molecular weight is 415 g/mol. The number of carbonyl (C=O) groups excluding carboxylic acids is 2. The molecule has 0 saturated carbocycles. The number of rotatable bonds is 4. The van der Waals surface area contributed by atoms with Crippen molar-refractivity contribution < 1.29 is 19.1 Å². The Morgan fingerprint density at radius 1 is 0.966 bits per heavy atom. The average Bonchev–Trinajstić information content (AvgIpc) is 3.04. The molecule has 0 bridgehead atoms. The molecule has 1 aromatic heterocycles. The van der Waals surface area contributed by atoms with E-state index in [0.29, 0.717) is 52.2 Å². The molecular formula is C22H26N2O4S. The van der Waals surface area contributed by atoms with Crippen LogP contribution in [-0.2, 0) is 11.2 Å². The third-order valence-corrected chi connectivity index (χ3v) is 6.30. The van der Waals surface area contributed by atoms with Crippen LogP contribution in [0.2, 0.25) is 0 Å². The van der Waals surface area contributed by atoms with Crippen molar-refractivity contribution in [2.75, 3.05) is 39.4 Å². The molecule has 0 unspecified atom stereocenters. The van der Waals surface area contributed by atoms with E-state index in [1.807, 2.05) is 47.1 Å². The number of fused-ring (bicyclic) bond motifs is 1. The molecule has 154 valence electrons. The molecular weight excluding hydrogens is 388 g/mol. The number of aryl methyl sites for hydroxylation is 2. The summed E-state index contributed by atoms with van der Waals surface area (Å²) in [6, 6.07) is 9.76. The minimum absolute atomic E-state index is 0.0717. The number of ether oxygens (including phenoxy) is 2. The van der Waals surface area contributed by atoms with Gasteiger partial charge in [0.05, 0.1) is 18.1 Å². The van der Waals surface area contributed by atoms with Gasteiger partial charge in [-0.25, -0.2) is 0 Å². The van der Waals surface area contributed by atoms with Crippen LogP contribution in [0.4, 0.5) is 0 Å². The van der Waals surface area contributed by atoms with E-state index in [1.165, 1.54) is 11.3 Å². The smallest absolute Gasteiger partial charge is 0.264 e. The lowest BCUT2D eigenvalue weighted by molar-refractivity contribution is -0.132. The standard InChI is InChI=1S/C22H26N2O4S/c1-16-3-7-20(29-16)22(26)24-11-9-23(10-12-24)21(25)8-5-17-4-6-18-19(15-17)28-14-2-13-27-18/h3-4,6-7,15H,2,5,8-14H2,1H3. The van der Waals surface area contributed by atoms with E-state index in [1.54, 1.807) is 0 Å². The fraction of sp³-hybridized carbons (Fsp3) is 0.455. The van der Waals surface area contributed by atoms with E-state index in [0.717, 1.165) is 33.2 Å². The zero-order chi connectivity index (χ0) is 20.2. The Bertz CT molecular complexity index is 887. The maximum absolute atomic E-state index is 12.6. The first-order valence-electron chi connectivity index (χ1n) is 10.1. The third kappa shape index (κ3) is 4.72. The maximum atomic E-state index is 12.6. The number of carbonyl (C=O) groups is 2. The van der Waals surface area contributed by atoms with E-state index in [-0.39, 0.29) is 11.8 Å². The molecule has 2 aliphatic rings. The Balaban J connectivity index is 1.27. The van der Waals surface area contributed by atoms with Crippen LogP contribution in [0.3, 0.4) is 0 Å². The van der Waals surface area contributed by atoms with Gasteiger partial charge >= 0.3 is 0 Å². The summed E-state index contributed by atoms with van der Waals surface area (Å²) in [5.74, 6) is 1.75. The molecule has 29 heavy (non-hydrogen) atoms. The van der Waals surface area contributed by atoms with Crippen LogP contribution in [-0.4, -0.2) is 61.0 Å². The topological polar surface area (TPSA) is 59.1 Å². The lowest BCUT2D eigenvalue weighted by Crippen LogP contribution is -2.50. The molecule has 2 amide bonds. The normalized spacial score (nSPS) is 16.4. The van der Waals surface area contributed by atoms with Crippen molar-refractivity contribution >= 4 is 23.2 Å². The minimum Gasteiger partial charge on any atom is -0.490 e. The van der Waals surface area contributed by atoms with Crippen molar-refractivity contribution in [3.05, 3.63) is 45.6 Å². The second kappa shape index (κ2) is 8.86. The molecule has 1 saturated heterocycles. The first-order chi connectivity index (χ1) is 14.1. The lowest BCUT2D eigenvalue weighted by Gasteiger charge is -2.34. The number of hydrogen-bond acceptors (Lipinski definition) is 5. The van der Waals surface area contributed by atoms with E-state index < -0.39 is 0 Å². The van der Waals surface area contributed by atoms with Crippen LogP contribution in [0.25, 0.3) is 0 Å². The number of benzene rings is 1. The van der Waals surface area contributed by atoms with Gasteiger partial charge in [0.1, 0.15) is 0 Å². The molecule has 3 heterocycles. The summed E-state index contributed by atoms with van der Waals surface area (Å²) in [5, 5.41) is 0. The van der Waals surface area contributed by atoms with Gasteiger partial charge in [0.15, 0.2) is 11.5 Å². The van der Waals surface area contributed by atoms with Gasteiger partial charge < -0.3 is 19.3 Å². The van der Waals surface area contributed by atoms with Gasteiger partial charge in [0, 0.05) is 43.9 Å². The van der Waals surface area contributed by atoms with Gasteiger partial charge in [-0.05, 0) is 43.2 Å². The fourth-order valence-electron chi connectivity index (χ4n) is 3.64. The molecule has 0 atom stereocenters. The molecule has 0 radical (unpaired) electrons. The maximum Gasteiger partial charge on any atom is 0.264 e. The summed E-state index contributed by atoms with van der Waals surface area (Å²) in [6.45, 7) is 5.69. The van der Waals surface area contributed by atoms with Crippen molar-refractivity contribution in [2.24, 2.45) is 0 Å². The highest BCUT2D eigenvalue weighted by molar-refractivity contribution is 7.13. The molecule has 1 aromatic carbocycles. The SMILES string of the molecule is Cc1ccc(C(=O)N2CCN(C(=O)CCc3ccc4c(c3)OCCCO4)CC2)s1. The molecule has 1 fully saturated rings. The van der Waals surface area contributed by atoms with E-state index in [4.69, 9.17) is 9.47 Å². The summed E-state index contributed by atoms with van der Waals surface area (Å²) in [7, 11) is 0. The van der Waals surface area contributed by atoms with Gasteiger partial charge in [-0.1, -0.05) is 6.07 Å². The molecule has 0 N–H and O–H groups in total. The number of nitrogens with zero attached hydrogens (tertiary/aromatic N) is 2. The van der Waals surface area contributed by atoms with Crippen molar-refractivity contribution in [2.45, 2.75) is 26.2 Å². The predicted molar refractivity (Wildman–Crippen MR) is 112 cm³/mol. The Hall–Kier alpha value is -2.54. The monoisotopic (exact) mass is 414 g/mol. The molecule has 7 heteroatoms. The molecule has 6 nitrogen and oxygen atoms in total. The van der Waals surface area contributed by atoms with Crippen molar-refractivity contribution in [1.29, 1.82) is 0 Å². The highest BCUT2D eigenvalue weighted by Gasteiger charge is 2.25. The summed E-state index contributed by atoms with van der Waals surface area (Å²) < 4.78 is 11.4. The van der Waals surface area contributed by atoms with Gasteiger partial charge in [-0.3, -0.25) is 9.59 Å². The molecule has 2 aliphatic heterocycles. The second-order valence-electron chi connectivity index (χ2n) is 7.41. The summed E-state index contributed by atoms with van der Waals surface area (Å²) in [6.07, 6.45) is 2.00. The van der Waals surface area contributed by atoms with E-state index in [2.05, 4.69) is 0 Å². The van der Waals surface area contributed by atoms with Crippen molar-refractivity contribution in [1.82, 2.24) is 9.80 Å². The van der Waals surface area contributed by atoms with Crippen LogP contribution < -0.4 is 9.47 Å². The highest BCUT2D eigenvalue weighted by Crippen LogP contribution is 2.30. The second-order valence-corrected chi connectivity index (χ2v) is 8.70. The summed E-state index contributed by atoms with van der Waals surface area (Å²) >= 11 is 1.52. The largest absolute Gasteiger partial charge is 0.490 e. The number of thiophene rings is 1. The first-order valence-corrected chi connectivity index (χ1v) is 10.9. The predicted octanol–water partition coefficient (Wildman–Crippen LogP) is 3.14. The molecule has 4 rings (SSSR count). The Kier molecular flexibility index (Phi) is 6.04. The number of hydrogen-bond donors (Lipinski definition) is 0. The summed E-state index contributed by atoms with van der Waals surface area (Å²) in [4.78, 5) is 30.8. The van der Waals surface area contributed by atoms with E-state index >= 15 is 0 Å². The Morgan fingerprint density at radius 3 is 2.41 bits per heavy atom. The quantitative estimate of drug-likeness (QED) is 0.771.